The Hall–Kier alpha value is -2.13. The molecule has 3 nitrogen and oxygen atoms in total. The summed E-state index contributed by atoms with van der Waals surface area (Å²) in [5.41, 5.74) is 3.33. The molecule has 0 saturated heterocycles. The number of phenols is 1. The SMILES string of the molecule is O=C1c2ccccc2CCC1CCNCCc1ccc(O)cc1. The predicted octanol–water partition coefficient (Wildman–Crippen LogP) is 3.36. The first-order chi connectivity index (χ1) is 11.2. The molecule has 3 rings (SSSR count). The molecule has 2 aromatic carbocycles. The van der Waals surface area contributed by atoms with Crippen molar-refractivity contribution >= 4 is 5.78 Å². The topological polar surface area (TPSA) is 49.3 Å². The fourth-order valence-corrected chi connectivity index (χ4v) is 3.23. The zero-order valence-electron chi connectivity index (χ0n) is 13.3. The van der Waals surface area contributed by atoms with Crippen LogP contribution in [0.1, 0.15) is 34.3 Å². The first kappa shape index (κ1) is 15.8. The lowest BCUT2D eigenvalue weighted by molar-refractivity contribution is 0.0895. The van der Waals surface area contributed by atoms with E-state index in [1.54, 1.807) is 12.1 Å². The summed E-state index contributed by atoms with van der Waals surface area (Å²) < 4.78 is 0. The molecule has 3 heteroatoms. The molecule has 1 aliphatic carbocycles. The number of hydrogen-bond donors (Lipinski definition) is 2. The van der Waals surface area contributed by atoms with Gasteiger partial charge in [-0.2, -0.15) is 0 Å². The van der Waals surface area contributed by atoms with Crippen LogP contribution in [-0.2, 0) is 12.8 Å². The molecule has 0 bridgehead atoms. The second kappa shape index (κ2) is 7.42. The van der Waals surface area contributed by atoms with Gasteiger partial charge in [-0.3, -0.25) is 4.79 Å². The zero-order valence-corrected chi connectivity index (χ0v) is 13.3. The second-order valence-electron chi connectivity index (χ2n) is 6.21. The van der Waals surface area contributed by atoms with E-state index < -0.39 is 0 Å². The van der Waals surface area contributed by atoms with Gasteiger partial charge in [0.05, 0.1) is 0 Å². The van der Waals surface area contributed by atoms with Crippen LogP contribution in [0.4, 0.5) is 0 Å². The molecular formula is C20H23NO2. The monoisotopic (exact) mass is 309 g/mol. The van der Waals surface area contributed by atoms with E-state index in [0.29, 0.717) is 11.5 Å². The van der Waals surface area contributed by atoms with Crippen molar-refractivity contribution in [2.24, 2.45) is 5.92 Å². The van der Waals surface area contributed by atoms with Crippen LogP contribution in [0.5, 0.6) is 5.75 Å². The van der Waals surface area contributed by atoms with Crippen LogP contribution in [0, 0.1) is 5.92 Å². The second-order valence-corrected chi connectivity index (χ2v) is 6.21. The highest BCUT2D eigenvalue weighted by atomic mass is 16.3. The van der Waals surface area contributed by atoms with Crippen molar-refractivity contribution in [3.8, 4) is 5.75 Å². The molecule has 0 spiro atoms. The Morgan fingerprint density at radius 3 is 2.65 bits per heavy atom. The molecule has 0 heterocycles. The average molecular weight is 309 g/mol. The number of carbonyl (C=O) groups is 1. The summed E-state index contributed by atoms with van der Waals surface area (Å²) in [6.45, 7) is 1.76. The zero-order chi connectivity index (χ0) is 16.1. The molecule has 2 N–H and O–H groups in total. The fraction of sp³-hybridized carbons (Fsp3) is 0.350. The van der Waals surface area contributed by atoms with Gasteiger partial charge in [-0.1, -0.05) is 36.4 Å². The summed E-state index contributed by atoms with van der Waals surface area (Å²) >= 11 is 0. The van der Waals surface area contributed by atoms with Gasteiger partial charge >= 0.3 is 0 Å². The molecule has 2 aromatic rings. The minimum Gasteiger partial charge on any atom is -0.508 e. The van der Waals surface area contributed by atoms with Gasteiger partial charge in [0.15, 0.2) is 5.78 Å². The lowest BCUT2D eigenvalue weighted by atomic mass is 9.81. The Balaban J connectivity index is 1.41. The summed E-state index contributed by atoms with van der Waals surface area (Å²) in [6, 6.07) is 15.3. The largest absolute Gasteiger partial charge is 0.508 e. The Morgan fingerprint density at radius 1 is 1.04 bits per heavy atom. The van der Waals surface area contributed by atoms with Crippen molar-refractivity contribution in [1.82, 2.24) is 5.32 Å². The van der Waals surface area contributed by atoms with Gasteiger partial charge in [0.25, 0.3) is 0 Å². The first-order valence-electron chi connectivity index (χ1n) is 8.35. The van der Waals surface area contributed by atoms with Gasteiger partial charge in [-0.25, -0.2) is 0 Å². The third-order valence-corrected chi connectivity index (χ3v) is 4.61. The van der Waals surface area contributed by atoms with Crippen LogP contribution >= 0.6 is 0 Å². The van der Waals surface area contributed by atoms with Crippen molar-refractivity contribution < 1.29 is 9.90 Å². The number of aryl methyl sites for hydroxylation is 1. The van der Waals surface area contributed by atoms with Crippen molar-refractivity contribution in [1.29, 1.82) is 0 Å². The van der Waals surface area contributed by atoms with Gasteiger partial charge < -0.3 is 10.4 Å². The number of ketones is 1. The number of phenolic OH excluding ortho intramolecular Hbond substituents is 1. The Bertz CT molecular complexity index is 664. The van der Waals surface area contributed by atoms with E-state index in [2.05, 4.69) is 11.4 Å². The van der Waals surface area contributed by atoms with Gasteiger partial charge in [0.2, 0.25) is 0 Å². The lowest BCUT2D eigenvalue weighted by Gasteiger charge is -2.23. The van der Waals surface area contributed by atoms with Gasteiger partial charge in [-0.05, 0) is 62.0 Å². The minimum absolute atomic E-state index is 0.158. The number of carbonyl (C=O) groups excluding carboxylic acids is 1. The molecule has 0 amide bonds. The lowest BCUT2D eigenvalue weighted by Crippen LogP contribution is -2.27. The summed E-state index contributed by atoms with van der Waals surface area (Å²) in [7, 11) is 0. The number of rotatable bonds is 6. The Labute approximate surface area is 137 Å². The van der Waals surface area contributed by atoms with Crippen molar-refractivity contribution in [3.05, 3.63) is 65.2 Å². The normalized spacial score (nSPS) is 17.0. The van der Waals surface area contributed by atoms with E-state index in [4.69, 9.17) is 0 Å². The van der Waals surface area contributed by atoms with Crippen LogP contribution < -0.4 is 5.32 Å². The van der Waals surface area contributed by atoms with Crippen LogP contribution in [-0.4, -0.2) is 24.0 Å². The maximum atomic E-state index is 12.5. The Kier molecular flexibility index (Phi) is 5.09. The van der Waals surface area contributed by atoms with Gasteiger partial charge in [0, 0.05) is 11.5 Å². The van der Waals surface area contributed by atoms with Gasteiger partial charge in [0.1, 0.15) is 5.75 Å². The fourth-order valence-electron chi connectivity index (χ4n) is 3.23. The van der Waals surface area contributed by atoms with E-state index in [1.807, 2.05) is 30.3 Å². The Morgan fingerprint density at radius 2 is 1.83 bits per heavy atom. The number of aromatic hydroxyl groups is 1. The highest BCUT2D eigenvalue weighted by molar-refractivity contribution is 6.00. The average Bonchev–Trinajstić information content (AvgIpc) is 2.58. The first-order valence-corrected chi connectivity index (χ1v) is 8.35. The van der Waals surface area contributed by atoms with E-state index in [1.165, 1.54) is 11.1 Å². The van der Waals surface area contributed by atoms with E-state index in [9.17, 15) is 9.90 Å². The molecule has 1 aliphatic rings. The number of hydrogen-bond acceptors (Lipinski definition) is 3. The molecule has 0 aromatic heterocycles. The van der Waals surface area contributed by atoms with Gasteiger partial charge in [-0.15, -0.1) is 0 Å². The quantitative estimate of drug-likeness (QED) is 0.805. The van der Waals surface area contributed by atoms with Crippen LogP contribution in [0.2, 0.25) is 0 Å². The van der Waals surface area contributed by atoms with E-state index in [-0.39, 0.29) is 5.92 Å². The maximum Gasteiger partial charge on any atom is 0.166 e. The molecule has 120 valence electrons. The molecule has 0 fully saturated rings. The predicted molar refractivity (Wildman–Crippen MR) is 91.9 cm³/mol. The summed E-state index contributed by atoms with van der Waals surface area (Å²) in [4.78, 5) is 12.5. The molecule has 23 heavy (non-hydrogen) atoms. The molecule has 0 radical (unpaired) electrons. The van der Waals surface area contributed by atoms with E-state index in [0.717, 1.165) is 44.3 Å². The summed E-state index contributed by atoms with van der Waals surface area (Å²) in [5, 5.41) is 12.7. The summed E-state index contributed by atoms with van der Waals surface area (Å²) in [6.07, 6.45) is 3.82. The number of Topliss-reactive ketones (excluding diaryl/α,β-unsaturated/α-hetero) is 1. The number of benzene rings is 2. The maximum absolute atomic E-state index is 12.5. The molecule has 1 unspecified atom stereocenters. The van der Waals surface area contributed by atoms with Crippen LogP contribution in [0.15, 0.2) is 48.5 Å². The van der Waals surface area contributed by atoms with Crippen LogP contribution in [0.3, 0.4) is 0 Å². The smallest absolute Gasteiger partial charge is 0.166 e. The molecule has 0 aliphatic heterocycles. The minimum atomic E-state index is 0.158. The summed E-state index contributed by atoms with van der Waals surface area (Å²) in [5.74, 6) is 0.774. The number of nitrogens with one attached hydrogen (secondary N) is 1. The highest BCUT2D eigenvalue weighted by Gasteiger charge is 2.26. The van der Waals surface area contributed by atoms with Crippen molar-refractivity contribution in [2.75, 3.05) is 13.1 Å². The highest BCUT2D eigenvalue weighted by Crippen LogP contribution is 2.27. The third-order valence-electron chi connectivity index (χ3n) is 4.61. The van der Waals surface area contributed by atoms with E-state index >= 15 is 0 Å². The standard InChI is InChI=1S/C20H23NO2/c22-18-9-5-15(6-10-18)11-13-21-14-12-17-8-7-16-3-1-2-4-19(16)20(17)23/h1-6,9-10,17,21-22H,7-8,11-14H2. The molecule has 1 atom stereocenters. The van der Waals surface area contributed by atoms with Crippen molar-refractivity contribution in [2.45, 2.75) is 25.7 Å². The molecular weight excluding hydrogens is 286 g/mol. The number of fused-ring (bicyclic) bond motifs is 1. The van der Waals surface area contributed by atoms with Crippen molar-refractivity contribution in [3.63, 3.8) is 0 Å². The molecule has 0 saturated carbocycles. The third kappa shape index (κ3) is 3.99. The van der Waals surface area contributed by atoms with Crippen LogP contribution in [0.25, 0.3) is 0 Å².